The molecule has 2 aromatic heterocycles. The van der Waals surface area contributed by atoms with Crippen molar-refractivity contribution >= 4 is 27.8 Å². The average Bonchev–Trinajstić information content (AvgIpc) is 3.44. The van der Waals surface area contributed by atoms with Crippen LogP contribution in [0.3, 0.4) is 0 Å². The summed E-state index contributed by atoms with van der Waals surface area (Å²) in [5.74, 6) is 0.438. The van der Waals surface area contributed by atoms with Crippen molar-refractivity contribution in [3.8, 4) is 22.9 Å². The van der Waals surface area contributed by atoms with E-state index in [1.165, 1.54) is 10.9 Å². The molecule has 184 valence electrons. The Labute approximate surface area is 210 Å². The largest absolute Gasteiger partial charge is 0.426 e. The summed E-state index contributed by atoms with van der Waals surface area (Å²) in [6.45, 7) is 5.24. The molecule has 1 amide bonds. The molecule has 0 fully saturated rings. The number of hydrogen-bond donors (Lipinski definition) is 3. The SMILES string of the molecule is Cc1ccc(Oc2nc3cc(-c4ccc5c(ccn5C)c4)c(C)cc3[nH]2)cc1C(=O)NCCCCN. The minimum Gasteiger partial charge on any atom is -0.426 e. The number of aromatic amines is 1. The summed E-state index contributed by atoms with van der Waals surface area (Å²) in [6.07, 6.45) is 3.82. The Balaban J connectivity index is 1.39. The smallest absolute Gasteiger partial charge is 0.300 e. The number of nitrogens with two attached hydrogens (primary N) is 1. The summed E-state index contributed by atoms with van der Waals surface area (Å²) < 4.78 is 8.15. The molecule has 0 aliphatic carbocycles. The van der Waals surface area contributed by atoms with E-state index in [1.807, 2.05) is 19.1 Å². The predicted molar refractivity (Wildman–Crippen MR) is 145 cm³/mol. The number of rotatable bonds is 8. The second-order valence-electron chi connectivity index (χ2n) is 9.26. The molecule has 2 heterocycles. The molecule has 0 radical (unpaired) electrons. The van der Waals surface area contributed by atoms with E-state index < -0.39 is 0 Å². The highest BCUT2D eigenvalue weighted by Gasteiger charge is 2.14. The third-order valence-electron chi connectivity index (χ3n) is 6.59. The monoisotopic (exact) mass is 481 g/mol. The predicted octanol–water partition coefficient (Wildman–Crippen LogP) is 5.60. The Morgan fingerprint density at radius 2 is 1.92 bits per heavy atom. The van der Waals surface area contributed by atoms with Crippen LogP contribution in [0.1, 0.15) is 34.3 Å². The topological polar surface area (TPSA) is 98.0 Å². The summed E-state index contributed by atoms with van der Waals surface area (Å²) in [4.78, 5) is 20.6. The fraction of sp³-hybridized carbons (Fsp3) is 0.241. The molecular formula is C29H31N5O2. The van der Waals surface area contributed by atoms with E-state index in [4.69, 9.17) is 10.5 Å². The number of imidazole rings is 1. The molecule has 5 rings (SSSR count). The van der Waals surface area contributed by atoms with Crippen molar-refractivity contribution in [1.82, 2.24) is 19.9 Å². The number of unbranched alkanes of at least 4 members (excludes halogenated alkanes) is 1. The van der Waals surface area contributed by atoms with E-state index in [2.05, 4.69) is 76.4 Å². The molecule has 0 aliphatic heterocycles. The Morgan fingerprint density at radius 1 is 1.06 bits per heavy atom. The van der Waals surface area contributed by atoms with Crippen molar-refractivity contribution in [2.45, 2.75) is 26.7 Å². The van der Waals surface area contributed by atoms with Gasteiger partial charge < -0.3 is 25.3 Å². The molecule has 0 bridgehead atoms. The van der Waals surface area contributed by atoms with Crippen LogP contribution in [0.2, 0.25) is 0 Å². The Bertz CT molecular complexity index is 1560. The van der Waals surface area contributed by atoms with E-state index in [-0.39, 0.29) is 5.91 Å². The normalized spacial score (nSPS) is 11.3. The highest BCUT2D eigenvalue weighted by atomic mass is 16.5. The van der Waals surface area contributed by atoms with Gasteiger partial charge in [-0.15, -0.1) is 0 Å². The van der Waals surface area contributed by atoms with Gasteiger partial charge in [0.1, 0.15) is 5.75 Å². The van der Waals surface area contributed by atoms with Gasteiger partial charge >= 0.3 is 0 Å². The van der Waals surface area contributed by atoms with Crippen LogP contribution in [0.15, 0.2) is 60.8 Å². The lowest BCUT2D eigenvalue weighted by Gasteiger charge is -2.09. The fourth-order valence-corrected chi connectivity index (χ4v) is 4.54. The van der Waals surface area contributed by atoms with Gasteiger partial charge in [-0.25, -0.2) is 0 Å². The molecular weight excluding hydrogens is 450 g/mol. The molecule has 7 nitrogen and oxygen atoms in total. The van der Waals surface area contributed by atoms with Crippen LogP contribution in [0, 0.1) is 13.8 Å². The number of H-pyrrole nitrogens is 1. The lowest BCUT2D eigenvalue weighted by Crippen LogP contribution is -2.25. The number of nitrogens with one attached hydrogen (secondary N) is 2. The molecule has 0 aliphatic rings. The maximum atomic E-state index is 12.6. The van der Waals surface area contributed by atoms with E-state index in [0.29, 0.717) is 30.4 Å². The van der Waals surface area contributed by atoms with E-state index in [9.17, 15) is 4.79 Å². The molecule has 0 saturated heterocycles. The summed E-state index contributed by atoms with van der Waals surface area (Å²) >= 11 is 0. The van der Waals surface area contributed by atoms with Crippen molar-refractivity contribution in [2.75, 3.05) is 13.1 Å². The molecule has 0 atom stereocenters. The van der Waals surface area contributed by atoms with E-state index in [1.54, 1.807) is 6.07 Å². The molecule has 36 heavy (non-hydrogen) atoms. The first-order valence-corrected chi connectivity index (χ1v) is 12.3. The lowest BCUT2D eigenvalue weighted by molar-refractivity contribution is 0.0952. The van der Waals surface area contributed by atoms with Gasteiger partial charge in [-0.1, -0.05) is 12.1 Å². The first kappa shape index (κ1) is 23.6. The van der Waals surface area contributed by atoms with Crippen molar-refractivity contribution in [3.05, 3.63) is 77.5 Å². The highest BCUT2D eigenvalue weighted by molar-refractivity contribution is 5.96. The van der Waals surface area contributed by atoms with Crippen molar-refractivity contribution < 1.29 is 9.53 Å². The third kappa shape index (κ3) is 4.70. The number of carbonyl (C=O) groups is 1. The molecule has 0 spiro atoms. The van der Waals surface area contributed by atoms with Crippen LogP contribution >= 0.6 is 0 Å². The number of amides is 1. The molecule has 4 N–H and O–H groups in total. The van der Waals surface area contributed by atoms with Crippen molar-refractivity contribution in [3.63, 3.8) is 0 Å². The zero-order valence-corrected chi connectivity index (χ0v) is 20.9. The first-order chi connectivity index (χ1) is 17.4. The standard InChI is InChI=1S/C29H31N5O2/c1-18-6-8-22(16-24(18)28(35)31-12-5-4-11-30)36-29-32-25-14-19(2)23(17-26(25)33-29)20-7-9-27-21(15-20)10-13-34(27)3/h6-10,13-17H,4-5,11-12,30H2,1-3H3,(H,31,35)(H,32,33). The van der Waals surface area contributed by atoms with Crippen LogP contribution in [0.25, 0.3) is 33.1 Å². The van der Waals surface area contributed by atoms with Crippen LogP contribution in [0.4, 0.5) is 0 Å². The summed E-state index contributed by atoms with van der Waals surface area (Å²) in [5.41, 5.74) is 13.4. The number of benzene rings is 3. The maximum Gasteiger partial charge on any atom is 0.300 e. The lowest BCUT2D eigenvalue weighted by atomic mass is 9.99. The van der Waals surface area contributed by atoms with Gasteiger partial charge in [0.05, 0.1) is 11.0 Å². The van der Waals surface area contributed by atoms with Gasteiger partial charge in [0, 0.05) is 36.3 Å². The molecule has 0 saturated carbocycles. The van der Waals surface area contributed by atoms with Crippen LogP contribution in [0.5, 0.6) is 11.8 Å². The van der Waals surface area contributed by atoms with Crippen molar-refractivity contribution in [2.24, 2.45) is 12.8 Å². The van der Waals surface area contributed by atoms with Gasteiger partial charge in [0.25, 0.3) is 11.9 Å². The average molecular weight is 482 g/mol. The number of ether oxygens (including phenoxy) is 1. The fourth-order valence-electron chi connectivity index (χ4n) is 4.54. The Morgan fingerprint density at radius 3 is 2.75 bits per heavy atom. The van der Waals surface area contributed by atoms with Gasteiger partial charge in [-0.05, 0) is 98.0 Å². The molecule has 5 aromatic rings. The number of hydrogen-bond acceptors (Lipinski definition) is 4. The second-order valence-corrected chi connectivity index (χ2v) is 9.26. The first-order valence-electron chi connectivity index (χ1n) is 12.3. The van der Waals surface area contributed by atoms with E-state index in [0.717, 1.165) is 46.1 Å². The molecule has 0 unspecified atom stereocenters. The zero-order chi connectivity index (χ0) is 25.2. The van der Waals surface area contributed by atoms with Crippen LogP contribution in [-0.4, -0.2) is 33.5 Å². The van der Waals surface area contributed by atoms with Gasteiger partial charge in [-0.2, -0.15) is 4.98 Å². The number of aryl methyl sites for hydroxylation is 3. The maximum absolute atomic E-state index is 12.6. The molecule has 3 aromatic carbocycles. The van der Waals surface area contributed by atoms with Gasteiger partial charge in [0.2, 0.25) is 0 Å². The summed E-state index contributed by atoms with van der Waals surface area (Å²) in [7, 11) is 2.05. The molecule has 7 heteroatoms. The van der Waals surface area contributed by atoms with Gasteiger partial charge in [-0.3, -0.25) is 4.79 Å². The van der Waals surface area contributed by atoms with E-state index >= 15 is 0 Å². The second kappa shape index (κ2) is 9.87. The minimum atomic E-state index is -0.116. The Kier molecular flexibility index (Phi) is 6.48. The number of fused-ring (bicyclic) bond motifs is 2. The Hall–Kier alpha value is -4.10. The number of carbonyl (C=O) groups excluding carboxylic acids is 1. The zero-order valence-electron chi connectivity index (χ0n) is 20.9. The minimum absolute atomic E-state index is 0.116. The number of nitrogens with zero attached hydrogens (tertiary/aromatic N) is 2. The van der Waals surface area contributed by atoms with Crippen LogP contribution < -0.4 is 15.8 Å². The highest BCUT2D eigenvalue weighted by Crippen LogP contribution is 2.32. The number of aromatic nitrogens is 3. The van der Waals surface area contributed by atoms with Gasteiger partial charge in [0.15, 0.2) is 0 Å². The van der Waals surface area contributed by atoms with Crippen LogP contribution in [-0.2, 0) is 7.05 Å². The third-order valence-corrected chi connectivity index (χ3v) is 6.59. The van der Waals surface area contributed by atoms with Crippen molar-refractivity contribution in [1.29, 1.82) is 0 Å². The summed E-state index contributed by atoms with van der Waals surface area (Å²) in [6, 6.07) is 18.7. The summed E-state index contributed by atoms with van der Waals surface area (Å²) in [5, 5.41) is 4.16. The quantitative estimate of drug-likeness (QED) is 0.251.